The maximum Gasteiger partial charge on any atom is 0.264 e. The maximum absolute atomic E-state index is 14.0. The molecule has 3 aromatic carbocycles. The standard InChI is InChI=1S/C31H34FN3O6S/c1-22(31(37)33-25-9-5-6-10-25)34(20-23-7-3-2-4-8-23)30(36)21-35(26-13-11-24(32)12-14-26)42(38,39)27-15-16-28-29(19-27)41-18-17-40-28/h2-4,7-8,11-16,19,22,25H,5-6,9-10,17-18,20-21H2,1H3,(H,33,37)/t22-/m1/s1. The number of nitrogens with one attached hydrogen (secondary N) is 1. The van der Waals surface area contributed by atoms with Gasteiger partial charge in [-0.2, -0.15) is 0 Å². The number of amides is 2. The molecular weight excluding hydrogens is 561 g/mol. The topological polar surface area (TPSA) is 105 Å². The van der Waals surface area contributed by atoms with Crippen LogP contribution in [0.4, 0.5) is 10.1 Å². The van der Waals surface area contributed by atoms with Crippen LogP contribution in [0.5, 0.6) is 11.5 Å². The van der Waals surface area contributed by atoms with Crippen molar-refractivity contribution in [1.82, 2.24) is 10.2 Å². The Morgan fingerprint density at radius 1 is 0.952 bits per heavy atom. The largest absolute Gasteiger partial charge is 0.486 e. The van der Waals surface area contributed by atoms with E-state index in [9.17, 15) is 22.4 Å². The lowest BCUT2D eigenvalue weighted by Crippen LogP contribution is -2.52. The average Bonchev–Trinajstić information content (AvgIpc) is 3.52. The Hall–Kier alpha value is -4.12. The molecule has 1 heterocycles. The van der Waals surface area contributed by atoms with E-state index in [2.05, 4.69) is 5.32 Å². The van der Waals surface area contributed by atoms with Gasteiger partial charge in [0.2, 0.25) is 11.8 Å². The summed E-state index contributed by atoms with van der Waals surface area (Å²) < 4.78 is 54.0. The highest BCUT2D eigenvalue weighted by Crippen LogP contribution is 2.34. The lowest BCUT2D eigenvalue weighted by molar-refractivity contribution is -0.139. The maximum atomic E-state index is 14.0. The van der Waals surface area contributed by atoms with Crippen LogP contribution < -0.4 is 19.1 Å². The zero-order valence-corrected chi connectivity index (χ0v) is 24.2. The highest BCUT2D eigenvalue weighted by molar-refractivity contribution is 7.92. The van der Waals surface area contributed by atoms with Crippen molar-refractivity contribution in [3.63, 3.8) is 0 Å². The Labute approximate surface area is 245 Å². The van der Waals surface area contributed by atoms with Gasteiger partial charge in [-0.05, 0) is 61.7 Å². The Morgan fingerprint density at radius 2 is 1.62 bits per heavy atom. The molecular formula is C31H34FN3O6S. The molecule has 1 aliphatic heterocycles. The van der Waals surface area contributed by atoms with Gasteiger partial charge in [-0.25, -0.2) is 12.8 Å². The summed E-state index contributed by atoms with van der Waals surface area (Å²) in [6, 6.07) is 17.5. The third-order valence-electron chi connectivity index (χ3n) is 7.56. The van der Waals surface area contributed by atoms with Crippen molar-refractivity contribution < 1.29 is 31.9 Å². The number of anilines is 1. The van der Waals surface area contributed by atoms with Gasteiger partial charge in [0.25, 0.3) is 10.0 Å². The number of hydrogen-bond donors (Lipinski definition) is 1. The van der Waals surface area contributed by atoms with Crippen LogP contribution in [0.1, 0.15) is 38.2 Å². The number of hydrogen-bond acceptors (Lipinski definition) is 6. The number of rotatable bonds is 10. The van der Waals surface area contributed by atoms with Crippen molar-refractivity contribution in [2.75, 3.05) is 24.1 Å². The van der Waals surface area contributed by atoms with E-state index in [1.807, 2.05) is 30.3 Å². The zero-order valence-electron chi connectivity index (χ0n) is 23.4. The Balaban J connectivity index is 1.47. The molecule has 0 radical (unpaired) electrons. The minimum absolute atomic E-state index is 0.0555. The minimum atomic E-state index is -4.34. The number of nitrogens with zero attached hydrogens (tertiary/aromatic N) is 2. The van der Waals surface area contributed by atoms with Crippen molar-refractivity contribution in [3.05, 3.63) is 84.2 Å². The number of ether oxygens (including phenoxy) is 2. The highest BCUT2D eigenvalue weighted by Gasteiger charge is 2.34. The van der Waals surface area contributed by atoms with Crippen LogP contribution in [0.15, 0.2) is 77.7 Å². The third-order valence-corrected chi connectivity index (χ3v) is 9.33. The van der Waals surface area contributed by atoms with Crippen LogP contribution in [-0.2, 0) is 26.2 Å². The van der Waals surface area contributed by atoms with Gasteiger partial charge in [0.15, 0.2) is 11.5 Å². The van der Waals surface area contributed by atoms with E-state index < -0.39 is 34.3 Å². The SMILES string of the molecule is C[C@H](C(=O)NC1CCCC1)N(Cc1ccccc1)C(=O)CN(c1ccc(F)cc1)S(=O)(=O)c1ccc2c(c1)OCCO2. The molecule has 3 aromatic rings. The summed E-state index contributed by atoms with van der Waals surface area (Å²) in [5.41, 5.74) is 0.886. The number of fused-ring (bicyclic) bond motifs is 1. The first kappa shape index (κ1) is 29.4. The van der Waals surface area contributed by atoms with E-state index in [-0.39, 0.29) is 41.4 Å². The van der Waals surface area contributed by atoms with Gasteiger partial charge in [-0.3, -0.25) is 13.9 Å². The molecule has 0 saturated heterocycles. The van der Waals surface area contributed by atoms with E-state index in [0.29, 0.717) is 12.4 Å². The average molecular weight is 596 g/mol. The molecule has 1 saturated carbocycles. The van der Waals surface area contributed by atoms with Gasteiger partial charge >= 0.3 is 0 Å². The molecule has 11 heteroatoms. The van der Waals surface area contributed by atoms with Crippen molar-refractivity contribution in [2.24, 2.45) is 0 Å². The quantitative estimate of drug-likeness (QED) is 0.376. The smallest absolute Gasteiger partial charge is 0.264 e. The molecule has 2 aliphatic rings. The molecule has 1 N–H and O–H groups in total. The lowest BCUT2D eigenvalue weighted by Gasteiger charge is -2.32. The van der Waals surface area contributed by atoms with Crippen molar-refractivity contribution in [1.29, 1.82) is 0 Å². The van der Waals surface area contributed by atoms with E-state index in [1.165, 1.54) is 35.2 Å². The van der Waals surface area contributed by atoms with E-state index >= 15 is 0 Å². The van der Waals surface area contributed by atoms with E-state index in [1.54, 1.807) is 6.92 Å². The molecule has 0 unspecified atom stereocenters. The summed E-state index contributed by atoms with van der Waals surface area (Å²) in [5, 5.41) is 3.04. The van der Waals surface area contributed by atoms with Gasteiger partial charge in [0, 0.05) is 18.7 Å². The van der Waals surface area contributed by atoms with Crippen LogP contribution >= 0.6 is 0 Å². The van der Waals surface area contributed by atoms with Crippen LogP contribution in [0.25, 0.3) is 0 Å². The number of halogens is 1. The summed E-state index contributed by atoms with van der Waals surface area (Å²) in [6.07, 6.45) is 3.85. The molecule has 42 heavy (non-hydrogen) atoms. The number of benzene rings is 3. The van der Waals surface area contributed by atoms with Crippen molar-refractivity contribution in [3.8, 4) is 11.5 Å². The normalized spacial score (nSPS) is 15.6. The fourth-order valence-electron chi connectivity index (χ4n) is 5.20. The molecule has 1 aliphatic carbocycles. The first-order valence-electron chi connectivity index (χ1n) is 14.0. The molecule has 9 nitrogen and oxygen atoms in total. The zero-order chi connectivity index (χ0) is 29.7. The summed E-state index contributed by atoms with van der Waals surface area (Å²) in [5.74, 6) is -0.742. The van der Waals surface area contributed by atoms with Gasteiger partial charge in [-0.1, -0.05) is 43.2 Å². The summed E-state index contributed by atoms with van der Waals surface area (Å²) in [6.45, 7) is 1.74. The molecule has 5 rings (SSSR count). The molecule has 2 amide bonds. The highest BCUT2D eigenvalue weighted by atomic mass is 32.2. The fraction of sp³-hybridized carbons (Fsp3) is 0.355. The van der Waals surface area contributed by atoms with Crippen LogP contribution in [-0.4, -0.2) is 57.0 Å². The molecule has 0 bridgehead atoms. The van der Waals surface area contributed by atoms with Gasteiger partial charge in [0.1, 0.15) is 31.6 Å². The van der Waals surface area contributed by atoms with E-state index in [0.717, 1.165) is 47.7 Å². The van der Waals surface area contributed by atoms with Crippen LogP contribution in [0, 0.1) is 5.82 Å². The van der Waals surface area contributed by atoms with Crippen molar-refractivity contribution >= 4 is 27.5 Å². The minimum Gasteiger partial charge on any atom is -0.486 e. The van der Waals surface area contributed by atoms with Gasteiger partial charge in [0.05, 0.1) is 10.6 Å². The summed E-state index contributed by atoms with van der Waals surface area (Å²) in [4.78, 5) is 28.6. The molecule has 0 aromatic heterocycles. The van der Waals surface area contributed by atoms with E-state index in [4.69, 9.17) is 9.47 Å². The summed E-state index contributed by atoms with van der Waals surface area (Å²) in [7, 11) is -4.34. The number of sulfonamides is 1. The number of carbonyl (C=O) groups is 2. The third kappa shape index (κ3) is 6.67. The van der Waals surface area contributed by atoms with Gasteiger partial charge < -0.3 is 19.7 Å². The number of carbonyl (C=O) groups excluding carboxylic acids is 2. The second kappa shape index (κ2) is 12.8. The molecule has 1 atom stereocenters. The predicted molar refractivity (Wildman–Crippen MR) is 155 cm³/mol. The molecule has 222 valence electrons. The Morgan fingerprint density at radius 3 is 2.31 bits per heavy atom. The Kier molecular flexibility index (Phi) is 8.96. The first-order chi connectivity index (χ1) is 20.2. The van der Waals surface area contributed by atoms with Crippen LogP contribution in [0.2, 0.25) is 0 Å². The van der Waals surface area contributed by atoms with Gasteiger partial charge in [-0.15, -0.1) is 0 Å². The second-order valence-corrected chi connectivity index (χ2v) is 12.3. The lowest BCUT2D eigenvalue weighted by atomic mass is 10.1. The molecule has 1 fully saturated rings. The second-order valence-electron chi connectivity index (χ2n) is 10.5. The first-order valence-corrected chi connectivity index (χ1v) is 15.5. The monoisotopic (exact) mass is 595 g/mol. The fourth-order valence-corrected chi connectivity index (χ4v) is 6.63. The predicted octanol–water partition coefficient (Wildman–Crippen LogP) is 4.27. The Bertz CT molecular complexity index is 1510. The van der Waals surface area contributed by atoms with Crippen LogP contribution in [0.3, 0.4) is 0 Å². The molecule has 0 spiro atoms. The summed E-state index contributed by atoms with van der Waals surface area (Å²) >= 11 is 0. The van der Waals surface area contributed by atoms with Crippen molar-refractivity contribution in [2.45, 2.75) is 56.1 Å².